The van der Waals surface area contributed by atoms with Gasteiger partial charge >= 0.3 is 0 Å². The maximum Gasteiger partial charge on any atom is 0.254 e. The van der Waals surface area contributed by atoms with E-state index in [-0.39, 0.29) is 33.7 Å². The predicted molar refractivity (Wildman–Crippen MR) is 74.8 cm³/mol. The van der Waals surface area contributed by atoms with Crippen molar-refractivity contribution in [2.24, 2.45) is 0 Å². The number of halogens is 2. The van der Waals surface area contributed by atoms with Crippen molar-refractivity contribution in [3.8, 4) is 0 Å². The number of nitrogens with zero attached hydrogens (tertiary/aromatic N) is 3. The SMILES string of the molecule is CC(=O)N1CCC(NC(=O)c2cc(Cl)nnc2Cl)CC1. The molecular formula is C12H14Cl2N4O2. The Balaban J connectivity index is 1.96. The van der Waals surface area contributed by atoms with Gasteiger partial charge in [0, 0.05) is 26.1 Å². The number of carbonyl (C=O) groups is 2. The summed E-state index contributed by atoms with van der Waals surface area (Å²) in [4.78, 5) is 25.1. The quantitative estimate of drug-likeness (QED) is 0.897. The van der Waals surface area contributed by atoms with Gasteiger partial charge in [0.2, 0.25) is 5.91 Å². The molecule has 108 valence electrons. The monoisotopic (exact) mass is 316 g/mol. The zero-order valence-corrected chi connectivity index (χ0v) is 12.4. The van der Waals surface area contributed by atoms with Crippen LogP contribution in [0.5, 0.6) is 0 Å². The van der Waals surface area contributed by atoms with Crippen molar-refractivity contribution >= 4 is 35.0 Å². The number of likely N-dealkylation sites (tertiary alicyclic amines) is 1. The summed E-state index contributed by atoms with van der Waals surface area (Å²) in [6.45, 7) is 2.83. The number of carbonyl (C=O) groups excluding carboxylic acids is 2. The number of aromatic nitrogens is 2. The summed E-state index contributed by atoms with van der Waals surface area (Å²) in [5.74, 6) is -0.268. The van der Waals surface area contributed by atoms with E-state index < -0.39 is 0 Å². The summed E-state index contributed by atoms with van der Waals surface area (Å²) < 4.78 is 0. The largest absolute Gasteiger partial charge is 0.349 e. The van der Waals surface area contributed by atoms with Crippen molar-refractivity contribution in [2.45, 2.75) is 25.8 Å². The van der Waals surface area contributed by atoms with Crippen LogP contribution in [0, 0.1) is 0 Å². The first-order valence-electron chi connectivity index (χ1n) is 6.22. The molecule has 2 heterocycles. The van der Waals surface area contributed by atoms with Crippen LogP contribution in [0.1, 0.15) is 30.1 Å². The van der Waals surface area contributed by atoms with Crippen LogP contribution >= 0.6 is 23.2 Å². The van der Waals surface area contributed by atoms with Crippen molar-refractivity contribution in [1.29, 1.82) is 0 Å². The average Bonchev–Trinajstić information content (AvgIpc) is 2.42. The Morgan fingerprint density at radius 1 is 1.30 bits per heavy atom. The van der Waals surface area contributed by atoms with Crippen molar-refractivity contribution in [3.63, 3.8) is 0 Å². The molecule has 1 fully saturated rings. The van der Waals surface area contributed by atoms with Crippen LogP contribution in [0.4, 0.5) is 0 Å². The maximum atomic E-state index is 12.1. The van der Waals surface area contributed by atoms with Gasteiger partial charge in [0.1, 0.15) is 0 Å². The van der Waals surface area contributed by atoms with E-state index in [9.17, 15) is 9.59 Å². The van der Waals surface area contributed by atoms with Gasteiger partial charge in [-0.1, -0.05) is 23.2 Å². The molecule has 1 saturated heterocycles. The smallest absolute Gasteiger partial charge is 0.254 e. The van der Waals surface area contributed by atoms with Crippen molar-refractivity contribution in [2.75, 3.05) is 13.1 Å². The molecule has 0 bridgehead atoms. The number of nitrogens with one attached hydrogen (secondary N) is 1. The molecule has 0 atom stereocenters. The molecule has 0 aliphatic carbocycles. The number of rotatable bonds is 2. The summed E-state index contributed by atoms with van der Waals surface area (Å²) in [5, 5.41) is 10.2. The van der Waals surface area contributed by atoms with Crippen LogP contribution in [0.25, 0.3) is 0 Å². The molecule has 0 radical (unpaired) electrons. The minimum absolute atomic E-state index is 0.0149. The standard InChI is InChI=1S/C12H14Cl2N4O2/c1-7(19)18-4-2-8(3-5-18)15-12(20)9-6-10(13)16-17-11(9)14/h6,8H,2-5H2,1H3,(H,15,20). The zero-order valence-electron chi connectivity index (χ0n) is 10.9. The fourth-order valence-electron chi connectivity index (χ4n) is 2.11. The third-order valence-electron chi connectivity index (χ3n) is 3.24. The van der Waals surface area contributed by atoms with E-state index in [1.807, 2.05) is 0 Å². The van der Waals surface area contributed by atoms with E-state index in [2.05, 4.69) is 15.5 Å². The number of piperidine rings is 1. The fourth-order valence-corrected chi connectivity index (χ4v) is 2.44. The van der Waals surface area contributed by atoms with E-state index in [1.54, 1.807) is 11.8 Å². The van der Waals surface area contributed by atoms with Gasteiger partial charge in [-0.3, -0.25) is 9.59 Å². The third-order valence-corrected chi connectivity index (χ3v) is 3.70. The first-order valence-corrected chi connectivity index (χ1v) is 6.98. The molecule has 8 heteroatoms. The molecule has 20 heavy (non-hydrogen) atoms. The van der Waals surface area contributed by atoms with Gasteiger partial charge < -0.3 is 10.2 Å². The number of amides is 2. The number of hydrogen-bond donors (Lipinski definition) is 1. The van der Waals surface area contributed by atoms with E-state index >= 15 is 0 Å². The molecule has 0 unspecified atom stereocenters. The van der Waals surface area contributed by atoms with Gasteiger partial charge in [0.15, 0.2) is 10.3 Å². The zero-order chi connectivity index (χ0) is 14.7. The van der Waals surface area contributed by atoms with Crippen LogP contribution < -0.4 is 5.32 Å². The van der Waals surface area contributed by atoms with E-state index in [0.29, 0.717) is 13.1 Å². The Labute approximate surface area is 126 Å². The van der Waals surface area contributed by atoms with Gasteiger partial charge in [0.25, 0.3) is 5.91 Å². The molecule has 6 nitrogen and oxygen atoms in total. The van der Waals surface area contributed by atoms with E-state index in [0.717, 1.165) is 12.8 Å². The molecule has 2 rings (SSSR count). The lowest BCUT2D eigenvalue weighted by Crippen LogP contribution is -2.46. The summed E-state index contributed by atoms with van der Waals surface area (Å²) in [7, 11) is 0. The highest BCUT2D eigenvalue weighted by Gasteiger charge is 2.23. The summed E-state index contributed by atoms with van der Waals surface area (Å²) in [6, 6.07) is 1.40. The second-order valence-electron chi connectivity index (χ2n) is 4.63. The van der Waals surface area contributed by atoms with Crippen LogP contribution in [-0.2, 0) is 4.79 Å². The van der Waals surface area contributed by atoms with Gasteiger partial charge in [-0.05, 0) is 18.9 Å². The molecule has 1 aliphatic rings. The first-order chi connectivity index (χ1) is 9.47. The third kappa shape index (κ3) is 3.58. The molecule has 1 aliphatic heterocycles. The van der Waals surface area contributed by atoms with Crippen molar-refractivity contribution < 1.29 is 9.59 Å². The van der Waals surface area contributed by atoms with Gasteiger partial charge in [-0.15, -0.1) is 10.2 Å². The predicted octanol–water partition coefficient (Wildman–Crippen LogP) is 1.52. The molecular weight excluding hydrogens is 303 g/mol. The van der Waals surface area contributed by atoms with E-state index in [1.165, 1.54) is 6.07 Å². The Bertz CT molecular complexity index is 530. The molecule has 1 aromatic rings. The van der Waals surface area contributed by atoms with Crippen molar-refractivity contribution in [1.82, 2.24) is 20.4 Å². The van der Waals surface area contributed by atoms with Crippen LogP contribution in [-0.4, -0.2) is 46.0 Å². The number of hydrogen-bond acceptors (Lipinski definition) is 4. The lowest BCUT2D eigenvalue weighted by Gasteiger charge is -2.31. The highest BCUT2D eigenvalue weighted by molar-refractivity contribution is 6.34. The van der Waals surface area contributed by atoms with Crippen molar-refractivity contribution in [3.05, 3.63) is 21.9 Å². The minimum Gasteiger partial charge on any atom is -0.349 e. The first kappa shape index (κ1) is 15.0. The normalized spacial score (nSPS) is 16.1. The van der Waals surface area contributed by atoms with Gasteiger partial charge in [0.05, 0.1) is 5.56 Å². The lowest BCUT2D eigenvalue weighted by atomic mass is 10.0. The molecule has 0 saturated carbocycles. The second-order valence-corrected chi connectivity index (χ2v) is 5.37. The Hall–Kier alpha value is -1.40. The maximum absolute atomic E-state index is 12.1. The summed E-state index contributed by atoms with van der Waals surface area (Å²) in [6.07, 6.45) is 1.43. The highest BCUT2D eigenvalue weighted by Crippen LogP contribution is 2.17. The summed E-state index contributed by atoms with van der Waals surface area (Å²) >= 11 is 11.5. The highest BCUT2D eigenvalue weighted by atomic mass is 35.5. The minimum atomic E-state index is -0.326. The van der Waals surface area contributed by atoms with Crippen LogP contribution in [0.3, 0.4) is 0 Å². The second kappa shape index (κ2) is 6.37. The fraction of sp³-hybridized carbons (Fsp3) is 0.500. The topological polar surface area (TPSA) is 75.2 Å². The lowest BCUT2D eigenvalue weighted by molar-refractivity contribution is -0.129. The van der Waals surface area contributed by atoms with Gasteiger partial charge in [-0.2, -0.15) is 0 Å². The van der Waals surface area contributed by atoms with E-state index in [4.69, 9.17) is 23.2 Å². The Kier molecular flexibility index (Phi) is 4.77. The molecule has 2 amide bonds. The molecule has 0 aromatic carbocycles. The Morgan fingerprint density at radius 2 is 1.95 bits per heavy atom. The van der Waals surface area contributed by atoms with Crippen LogP contribution in [0.15, 0.2) is 6.07 Å². The van der Waals surface area contributed by atoms with Crippen LogP contribution in [0.2, 0.25) is 10.3 Å². The molecule has 1 aromatic heterocycles. The molecule has 1 N–H and O–H groups in total. The average molecular weight is 317 g/mol. The summed E-state index contributed by atoms with van der Waals surface area (Å²) in [5.41, 5.74) is 0.209. The Morgan fingerprint density at radius 3 is 2.55 bits per heavy atom. The van der Waals surface area contributed by atoms with Gasteiger partial charge in [-0.25, -0.2) is 0 Å². The molecule has 0 spiro atoms.